The molecule has 1 aromatic carbocycles. The number of piperidine rings is 1. The Hall–Kier alpha value is -1.39. The van der Waals surface area contributed by atoms with Crippen LogP contribution in [0.4, 0.5) is 0 Å². The second kappa shape index (κ2) is 8.30. The standard InChI is InChI=1S/C18H28N2O2/c1-3-20(14-18(21)22)17-9-11-19(12-10-17)13-15(2)16-7-5-4-6-8-16/h4-8,15,17H,3,9-14H2,1-2H3,(H,21,22). The highest BCUT2D eigenvalue weighted by Crippen LogP contribution is 2.21. The van der Waals surface area contributed by atoms with Crippen molar-refractivity contribution in [3.63, 3.8) is 0 Å². The maximum atomic E-state index is 10.9. The highest BCUT2D eigenvalue weighted by atomic mass is 16.4. The summed E-state index contributed by atoms with van der Waals surface area (Å²) in [7, 11) is 0. The van der Waals surface area contributed by atoms with Crippen molar-refractivity contribution in [1.29, 1.82) is 0 Å². The van der Waals surface area contributed by atoms with Crippen LogP contribution in [0.15, 0.2) is 30.3 Å². The van der Waals surface area contributed by atoms with Gasteiger partial charge in [-0.05, 0) is 44.0 Å². The van der Waals surface area contributed by atoms with E-state index in [-0.39, 0.29) is 6.54 Å². The molecule has 1 fully saturated rings. The third-order valence-corrected chi connectivity index (χ3v) is 4.72. The highest BCUT2D eigenvalue weighted by Gasteiger charge is 2.25. The largest absolute Gasteiger partial charge is 0.480 e. The lowest BCUT2D eigenvalue weighted by molar-refractivity contribution is -0.139. The lowest BCUT2D eigenvalue weighted by atomic mass is 9.98. The molecule has 2 rings (SSSR count). The van der Waals surface area contributed by atoms with E-state index < -0.39 is 5.97 Å². The van der Waals surface area contributed by atoms with E-state index in [1.165, 1.54) is 5.56 Å². The minimum Gasteiger partial charge on any atom is -0.480 e. The van der Waals surface area contributed by atoms with Crippen molar-refractivity contribution in [2.24, 2.45) is 0 Å². The van der Waals surface area contributed by atoms with Gasteiger partial charge < -0.3 is 10.0 Å². The van der Waals surface area contributed by atoms with Crippen LogP contribution in [0.3, 0.4) is 0 Å². The number of benzene rings is 1. The summed E-state index contributed by atoms with van der Waals surface area (Å²) in [6.45, 7) is 8.54. The zero-order valence-electron chi connectivity index (χ0n) is 13.7. The van der Waals surface area contributed by atoms with Crippen LogP contribution >= 0.6 is 0 Å². The van der Waals surface area contributed by atoms with Gasteiger partial charge in [-0.3, -0.25) is 9.69 Å². The molecule has 4 heteroatoms. The molecule has 1 aliphatic rings. The maximum absolute atomic E-state index is 10.9. The Bertz CT molecular complexity index is 455. The highest BCUT2D eigenvalue weighted by molar-refractivity contribution is 5.69. The predicted octanol–water partition coefficient (Wildman–Crippen LogP) is 2.66. The van der Waals surface area contributed by atoms with E-state index in [0.717, 1.165) is 39.0 Å². The first-order valence-electron chi connectivity index (χ1n) is 8.33. The van der Waals surface area contributed by atoms with Crippen LogP contribution in [0, 0.1) is 0 Å². The van der Waals surface area contributed by atoms with Crippen molar-refractivity contribution in [2.75, 3.05) is 32.7 Å². The molecule has 0 aromatic heterocycles. The van der Waals surface area contributed by atoms with Crippen molar-refractivity contribution in [3.8, 4) is 0 Å². The summed E-state index contributed by atoms with van der Waals surface area (Å²) in [6.07, 6.45) is 2.14. The third-order valence-electron chi connectivity index (χ3n) is 4.72. The van der Waals surface area contributed by atoms with Crippen LogP contribution in [-0.2, 0) is 4.79 Å². The number of rotatable bonds is 7. The van der Waals surface area contributed by atoms with E-state index in [2.05, 4.69) is 47.1 Å². The third kappa shape index (κ3) is 4.82. The molecule has 0 bridgehead atoms. The average Bonchev–Trinajstić information content (AvgIpc) is 2.54. The lowest BCUT2D eigenvalue weighted by Gasteiger charge is -2.38. The van der Waals surface area contributed by atoms with Gasteiger partial charge in [-0.15, -0.1) is 0 Å². The zero-order valence-corrected chi connectivity index (χ0v) is 13.7. The average molecular weight is 304 g/mol. The Balaban J connectivity index is 1.80. The molecule has 0 radical (unpaired) electrons. The smallest absolute Gasteiger partial charge is 0.317 e. The summed E-state index contributed by atoms with van der Waals surface area (Å²) >= 11 is 0. The SMILES string of the molecule is CCN(CC(=O)O)C1CCN(CC(C)c2ccccc2)CC1. The Kier molecular flexibility index (Phi) is 6.40. The van der Waals surface area contributed by atoms with Gasteiger partial charge in [0.25, 0.3) is 0 Å². The van der Waals surface area contributed by atoms with Crippen LogP contribution in [-0.4, -0.2) is 59.6 Å². The van der Waals surface area contributed by atoms with E-state index in [1.54, 1.807) is 0 Å². The van der Waals surface area contributed by atoms with Crippen LogP contribution in [0.5, 0.6) is 0 Å². The Morgan fingerprint density at radius 3 is 2.50 bits per heavy atom. The van der Waals surface area contributed by atoms with E-state index in [0.29, 0.717) is 12.0 Å². The van der Waals surface area contributed by atoms with E-state index in [4.69, 9.17) is 5.11 Å². The van der Waals surface area contributed by atoms with Gasteiger partial charge >= 0.3 is 5.97 Å². The first-order chi connectivity index (χ1) is 10.6. The van der Waals surface area contributed by atoms with Gasteiger partial charge in [0.1, 0.15) is 0 Å². The van der Waals surface area contributed by atoms with E-state index >= 15 is 0 Å². The van der Waals surface area contributed by atoms with Gasteiger partial charge in [0.15, 0.2) is 0 Å². The molecular formula is C18H28N2O2. The first kappa shape index (κ1) is 17.0. The van der Waals surface area contributed by atoms with Crippen LogP contribution < -0.4 is 0 Å². The van der Waals surface area contributed by atoms with E-state index in [9.17, 15) is 4.79 Å². The number of hydrogen-bond acceptors (Lipinski definition) is 3. The second-order valence-corrected chi connectivity index (χ2v) is 6.30. The molecular weight excluding hydrogens is 276 g/mol. The number of aliphatic carboxylic acids is 1. The topological polar surface area (TPSA) is 43.8 Å². The van der Waals surface area contributed by atoms with E-state index in [1.807, 2.05) is 6.92 Å². The minimum absolute atomic E-state index is 0.168. The molecule has 0 amide bonds. The molecule has 4 nitrogen and oxygen atoms in total. The molecule has 1 saturated heterocycles. The van der Waals surface area contributed by atoms with Crippen molar-refractivity contribution < 1.29 is 9.90 Å². The van der Waals surface area contributed by atoms with Gasteiger partial charge in [-0.1, -0.05) is 44.2 Å². The molecule has 22 heavy (non-hydrogen) atoms. The van der Waals surface area contributed by atoms with Gasteiger partial charge in [0, 0.05) is 12.6 Å². The summed E-state index contributed by atoms with van der Waals surface area (Å²) < 4.78 is 0. The zero-order chi connectivity index (χ0) is 15.9. The monoisotopic (exact) mass is 304 g/mol. The molecule has 122 valence electrons. The molecule has 1 heterocycles. The number of carbonyl (C=O) groups is 1. The fraction of sp³-hybridized carbons (Fsp3) is 0.611. The predicted molar refractivity (Wildman–Crippen MR) is 89.2 cm³/mol. The summed E-state index contributed by atoms with van der Waals surface area (Å²) in [5.41, 5.74) is 1.39. The molecule has 1 aromatic rings. The number of likely N-dealkylation sites (N-methyl/N-ethyl adjacent to an activating group) is 1. The summed E-state index contributed by atoms with van der Waals surface area (Å²) in [5.74, 6) is -0.180. The molecule has 1 aliphatic heterocycles. The quantitative estimate of drug-likeness (QED) is 0.841. The van der Waals surface area contributed by atoms with Crippen molar-refractivity contribution in [2.45, 2.75) is 38.6 Å². The normalized spacial score (nSPS) is 18.5. The Morgan fingerprint density at radius 2 is 1.95 bits per heavy atom. The summed E-state index contributed by atoms with van der Waals surface area (Å²) in [6, 6.07) is 11.1. The lowest BCUT2D eigenvalue weighted by Crippen LogP contribution is -2.47. The van der Waals surface area contributed by atoms with Gasteiger partial charge in [0.2, 0.25) is 0 Å². The summed E-state index contributed by atoms with van der Waals surface area (Å²) in [5, 5.41) is 8.99. The van der Waals surface area contributed by atoms with Crippen molar-refractivity contribution in [3.05, 3.63) is 35.9 Å². The maximum Gasteiger partial charge on any atom is 0.317 e. The van der Waals surface area contributed by atoms with Crippen molar-refractivity contribution >= 4 is 5.97 Å². The molecule has 1 unspecified atom stereocenters. The number of nitrogens with zero attached hydrogens (tertiary/aromatic N) is 2. The number of hydrogen-bond donors (Lipinski definition) is 1. The molecule has 1 atom stereocenters. The number of carboxylic acid groups (broad SMARTS) is 1. The fourth-order valence-electron chi connectivity index (χ4n) is 3.41. The summed E-state index contributed by atoms with van der Waals surface area (Å²) in [4.78, 5) is 15.5. The van der Waals surface area contributed by atoms with Gasteiger partial charge in [-0.25, -0.2) is 0 Å². The Morgan fingerprint density at radius 1 is 1.32 bits per heavy atom. The molecule has 0 saturated carbocycles. The number of carboxylic acids is 1. The molecule has 1 N–H and O–H groups in total. The first-order valence-corrected chi connectivity index (χ1v) is 8.33. The van der Waals surface area contributed by atoms with Crippen LogP contribution in [0.1, 0.15) is 38.2 Å². The van der Waals surface area contributed by atoms with Gasteiger partial charge in [0.05, 0.1) is 6.54 Å². The molecule has 0 spiro atoms. The Labute approximate surface area is 133 Å². The minimum atomic E-state index is -0.720. The van der Waals surface area contributed by atoms with Crippen molar-refractivity contribution in [1.82, 2.24) is 9.80 Å². The molecule has 0 aliphatic carbocycles. The fourth-order valence-corrected chi connectivity index (χ4v) is 3.41. The second-order valence-electron chi connectivity index (χ2n) is 6.30. The van der Waals surface area contributed by atoms with Crippen LogP contribution in [0.25, 0.3) is 0 Å². The van der Waals surface area contributed by atoms with Crippen LogP contribution in [0.2, 0.25) is 0 Å². The van der Waals surface area contributed by atoms with Gasteiger partial charge in [-0.2, -0.15) is 0 Å². The number of likely N-dealkylation sites (tertiary alicyclic amines) is 1.